The highest BCUT2D eigenvalue weighted by Gasteiger charge is 2.39. The van der Waals surface area contributed by atoms with Gasteiger partial charge in [0.15, 0.2) is 0 Å². The van der Waals surface area contributed by atoms with Crippen molar-refractivity contribution in [1.82, 2.24) is 10.3 Å². The summed E-state index contributed by atoms with van der Waals surface area (Å²) in [4.78, 5) is 28.5. The van der Waals surface area contributed by atoms with Gasteiger partial charge in [0.1, 0.15) is 24.6 Å². The summed E-state index contributed by atoms with van der Waals surface area (Å²) in [7, 11) is 0. The zero-order chi connectivity index (χ0) is 22.7. The van der Waals surface area contributed by atoms with Gasteiger partial charge in [-0.25, -0.2) is 4.39 Å². The second-order valence-electron chi connectivity index (χ2n) is 7.91. The van der Waals surface area contributed by atoms with Gasteiger partial charge in [-0.3, -0.25) is 14.6 Å². The maximum absolute atomic E-state index is 13.5. The van der Waals surface area contributed by atoms with Crippen LogP contribution in [0.4, 0.5) is 10.1 Å². The summed E-state index contributed by atoms with van der Waals surface area (Å²) in [6, 6.07) is 15.7. The van der Waals surface area contributed by atoms with Crippen LogP contribution in [0, 0.1) is 12.8 Å². The second kappa shape index (κ2) is 9.32. The van der Waals surface area contributed by atoms with Gasteiger partial charge in [0.25, 0.3) is 0 Å². The Labute approximate surface area is 184 Å². The van der Waals surface area contributed by atoms with E-state index < -0.39 is 30.0 Å². The number of para-hydroxylation sites is 1. The summed E-state index contributed by atoms with van der Waals surface area (Å²) in [5.41, 5.74) is 3.36. The standard InChI is InChI=1S/C24H24FN3O4/c1-14-10-15(19-4-2-3-5-21(19)27-14)13-32-18-8-6-17(7-9-18)28-23(29)22-20(24(30)31)11-16(25)12-26-22/h2-10,16,20,22,26H,11-13H2,1H3,(H,28,29)(H,30,31)/t16-,20+,22+/m1/s1. The number of carboxylic acids is 1. The monoisotopic (exact) mass is 437 g/mol. The number of piperidine rings is 1. The molecule has 3 N–H and O–H groups in total. The fourth-order valence-electron chi connectivity index (χ4n) is 3.94. The van der Waals surface area contributed by atoms with Crippen molar-refractivity contribution in [3.63, 3.8) is 0 Å². The van der Waals surface area contributed by atoms with Gasteiger partial charge in [-0.15, -0.1) is 0 Å². The van der Waals surface area contributed by atoms with E-state index in [0.29, 0.717) is 18.0 Å². The molecule has 7 nitrogen and oxygen atoms in total. The minimum Gasteiger partial charge on any atom is -0.489 e. The molecule has 0 spiro atoms. The van der Waals surface area contributed by atoms with Crippen LogP contribution in [0.2, 0.25) is 0 Å². The van der Waals surface area contributed by atoms with Crippen molar-refractivity contribution in [2.45, 2.75) is 32.2 Å². The topological polar surface area (TPSA) is 101 Å². The van der Waals surface area contributed by atoms with E-state index in [1.807, 2.05) is 37.3 Å². The molecule has 0 bridgehead atoms. The molecule has 1 aromatic heterocycles. The quantitative estimate of drug-likeness (QED) is 0.546. The lowest BCUT2D eigenvalue weighted by Gasteiger charge is -2.30. The number of halogens is 1. The zero-order valence-electron chi connectivity index (χ0n) is 17.5. The van der Waals surface area contributed by atoms with Crippen molar-refractivity contribution >= 4 is 28.5 Å². The Kier molecular flexibility index (Phi) is 6.32. The van der Waals surface area contributed by atoms with E-state index in [2.05, 4.69) is 15.6 Å². The smallest absolute Gasteiger partial charge is 0.308 e. The van der Waals surface area contributed by atoms with Crippen LogP contribution < -0.4 is 15.4 Å². The van der Waals surface area contributed by atoms with Crippen molar-refractivity contribution in [3.05, 3.63) is 65.9 Å². The van der Waals surface area contributed by atoms with Gasteiger partial charge in [0.2, 0.25) is 5.91 Å². The molecule has 2 aromatic carbocycles. The number of alkyl halides is 1. The Hall–Kier alpha value is -3.52. The van der Waals surface area contributed by atoms with Gasteiger partial charge < -0.3 is 20.5 Å². The van der Waals surface area contributed by atoms with E-state index in [-0.39, 0.29) is 13.0 Å². The molecule has 3 aromatic rings. The van der Waals surface area contributed by atoms with Crippen LogP contribution in [0.5, 0.6) is 5.75 Å². The van der Waals surface area contributed by atoms with Gasteiger partial charge >= 0.3 is 5.97 Å². The van der Waals surface area contributed by atoms with Gasteiger partial charge in [-0.2, -0.15) is 0 Å². The maximum atomic E-state index is 13.5. The number of amides is 1. The maximum Gasteiger partial charge on any atom is 0.308 e. The van der Waals surface area contributed by atoms with E-state index in [1.165, 1.54) is 0 Å². The summed E-state index contributed by atoms with van der Waals surface area (Å²) in [5, 5.41) is 15.7. The Morgan fingerprint density at radius 1 is 1.22 bits per heavy atom. The molecule has 3 atom stereocenters. The van der Waals surface area contributed by atoms with Crippen molar-refractivity contribution in [3.8, 4) is 5.75 Å². The average molecular weight is 437 g/mol. The first-order chi connectivity index (χ1) is 15.4. The first-order valence-corrected chi connectivity index (χ1v) is 10.4. The number of fused-ring (bicyclic) bond motifs is 1. The summed E-state index contributed by atoms with van der Waals surface area (Å²) < 4.78 is 19.5. The Morgan fingerprint density at radius 3 is 2.72 bits per heavy atom. The van der Waals surface area contributed by atoms with Crippen LogP contribution in [0.1, 0.15) is 17.7 Å². The lowest BCUT2D eigenvalue weighted by Crippen LogP contribution is -2.55. The number of carbonyl (C=O) groups excluding carboxylic acids is 1. The van der Waals surface area contributed by atoms with Gasteiger partial charge in [0.05, 0.1) is 11.4 Å². The van der Waals surface area contributed by atoms with Crippen LogP contribution in [-0.2, 0) is 16.2 Å². The molecule has 8 heteroatoms. The highest BCUT2D eigenvalue weighted by molar-refractivity contribution is 5.97. The van der Waals surface area contributed by atoms with Crippen LogP contribution in [-0.4, -0.2) is 40.7 Å². The first-order valence-electron chi connectivity index (χ1n) is 10.4. The number of hydrogen-bond acceptors (Lipinski definition) is 5. The summed E-state index contributed by atoms with van der Waals surface area (Å²) in [6.45, 7) is 2.27. The molecular weight excluding hydrogens is 413 g/mol. The Morgan fingerprint density at radius 2 is 1.97 bits per heavy atom. The molecule has 0 unspecified atom stereocenters. The number of pyridine rings is 1. The SMILES string of the molecule is Cc1cc(COc2ccc(NC(=O)[C@H]3NC[C@H](F)C[C@@H]3C(=O)O)cc2)c2ccccc2n1. The normalized spacial score (nSPS) is 20.6. The number of carboxylic acid groups (broad SMARTS) is 1. The fourth-order valence-corrected chi connectivity index (χ4v) is 3.94. The number of benzene rings is 2. The highest BCUT2D eigenvalue weighted by atomic mass is 19.1. The fraction of sp³-hybridized carbons (Fsp3) is 0.292. The minimum absolute atomic E-state index is 0.0438. The zero-order valence-corrected chi connectivity index (χ0v) is 17.5. The lowest BCUT2D eigenvalue weighted by atomic mass is 9.89. The molecule has 0 radical (unpaired) electrons. The van der Waals surface area contributed by atoms with Crippen molar-refractivity contribution < 1.29 is 23.8 Å². The van der Waals surface area contributed by atoms with Gasteiger partial charge in [0, 0.05) is 28.9 Å². The van der Waals surface area contributed by atoms with E-state index in [4.69, 9.17) is 4.74 Å². The predicted octanol–water partition coefficient (Wildman–Crippen LogP) is 3.46. The molecule has 1 aliphatic heterocycles. The number of hydrogen-bond donors (Lipinski definition) is 3. The number of aliphatic carboxylic acids is 1. The van der Waals surface area contributed by atoms with Crippen molar-refractivity contribution in [2.24, 2.45) is 5.92 Å². The molecule has 0 saturated carbocycles. The molecule has 4 rings (SSSR count). The summed E-state index contributed by atoms with van der Waals surface area (Å²) in [5.74, 6) is -2.18. The lowest BCUT2D eigenvalue weighted by molar-refractivity contribution is -0.146. The van der Waals surface area contributed by atoms with Crippen LogP contribution >= 0.6 is 0 Å². The number of nitrogens with one attached hydrogen (secondary N) is 2. The van der Waals surface area contributed by atoms with Crippen LogP contribution in [0.25, 0.3) is 10.9 Å². The van der Waals surface area contributed by atoms with E-state index in [1.54, 1.807) is 24.3 Å². The molecule has 2 heterocycles. The average Bonchev–Trinajstić information content (AvgIpc) is 2.78. The molecule has 1 amide bonds. The third kappa shape index (κ3) is 4.86. The highest BCUT2D eigenvalue weighted by Crippen LogP contribution is 2.23. The number of carbonyl (C=O) groups is 2. The molecule has 1 fully saturated rings. The number of aryl methyl sites for hydroxylation is 1. The van der Waals surface area contributed by atoms with E-state index in [0.717, 1.165) is 22.2 Å². The summed E-state index contributed by atoms with van der Waals surface area (Å²) >= 11 is 0. The molecule has 1 saturated heterocycles. The number of aromatic nitrogens is 1. The predicted molar refractivity (Wildman–Crippen MR) is 118 cm³/mol. The molecule has 166 valence electrons. The largest absolute Gasteiger partial charge is 0.489 e. The van der Waals surface area contributed by atoms with Crippen molar-refractivity contribution in [2.75, 3.05) is 11.9 Å². The van der Waals surface area contributed by atoms with Crippen LogP contribution in [0.15, 0.2) is 54.6 Å². The Balaban J connectivity index is 1.40. The first kappa shape index (κ1) is 21.7. The third-order valence-electron chi connectivity index (χ3n) is 5.52. The third-order valence-corrected chi connectivity index (χ3v) is 5.52. The number of anilines is 1. The van der Waals surface area contributed by atoms with E-state index >= 15 is 0 Å². The van der Waals surface area contributed by atoms with Crippen molar-refractivity contribution in [1.29, 1.82) is 0 Å². The summed E-state index contributed by atoms with van der Waals surface area (Å²) in [6.07, 6.45) is -1.46. The number of rotatable bonds is 6. The number of nitrogens with zero attached hydrogens (tertiary/aromatic N) is 1. The minimum atomic E-state index is -1.28. The number of ether oxygens (including phenoxy) is 1. The van der Waals surface area contributed by atoms with Gasteiger partial charge in [-0.05, 0) is 49.7 Å². The molecule has 1 aliphatic rings. The molecule has 32 heavy (non-hydrogen) atoms. The second-order valence-corrected chi connectivity index (χ2v) is 7.91. The Bertz CT molecular complexity index is 1140. The van der Waals surface area contributed by atoms with E-state index in [9.17, 15) is 19.1 Å². The molecule has 0 aliphatic carbocycles. The molecular formula is C24H24FN3O4. The van der Waals surface area contributed by atoms with Crippen LogP contribution in [0.3, 0.4) is 0 Å². The van der Waals surface area contributed by atoms with Gasteiger partial charge in [-0.1, -0.05) is 18.2 Å².